The molecule has 9 nitrogen and oxygen atoms in total. The van der Waals surface area contributed by atoms with Gasteiger partial charge in [0.2, 0.25) is 0 Å². The van der Waals surface area contributed by atoms with E-state index in [9.17, 15) is 19.2 Å². The number of ether oxygens (including phenoxy) is 1. The van der Waals surface area contributed by atoms with Gasteiger partial charge in [-0.05, 0) is 55.5 Å². The Hall–Kier alpha value is -4.66. The zero-order valence-electron chi connectivity index (χ0n) is 20.5. The lowest BCUT2D eigenvalue weighted by Crippen LogP contribution is -2.50. The van der Waals surface area contributed by atoms with Crippen molar-refractivity contribution in [2.75, 3.05) is 43.4 Å². The maximum atomic E-state index is 13.2. The van der Waals surface area contributed by atoms with Gasteiger partial charge in [-0.2, -0.15) is 0 Å². The Kier molecular flexibility index (Phi) is 8.15. The van der Waals surface area contributed by atoms with Gasteiger partial charge in [-0.15, -0.1) is 0 Å². The molecule has 9 heteroatoms. The van der Waals surface area contributed by atoms with E-state index in [4.69, 9.17) is 4.74 Å². The highest BCUT2D eigenvalue weighted by molar-refractivity contribution is 6.09. The highest BCUT2D eigenvalue weighted by Crippen LogP contribution is 2.20. The largest absolute Gasteiger partial charge is 0.450 e. The number of hydrogen-bond acceptors (Lipinski definition) is 5. The van der Waals surface area contributed by atoms with Gasteiger partial charge in [-0.3, -0.25) is 14.4 Å². The molecule has 4 rings (SSSR count). The summed E-state index contributed by atoms with van der Waals surface area (Å²) in [6.07, 6.45) is -0.382. The summed E-state index contributed by atoms with van der Waals surface area (Å²) in [5.41, 5.74) is 2.23. The van der Waals surface area contributed by atoms with E-state index in [2.05, 4.69) is 10.6 Å². The van der Waals surface area contributed by atoms with Gasteiger partial charge < -0.3 is 25.2 Å². The van der Waals surface area contributed by atoms with Crippen LogP contribution >= 0.6 is 0 Å². The van der Waals surface area contributed by atoms with Crippen LogP contribution in [0.2, 0.25) is 0 Å². The number of nitrogens with one attached hydrogen (secondary N) is 2. The monoisotopic (exact) mass is 500 g/mol. The Labute approximate surface area is 215 Å². The summed E-state index contributed by atoms with van der Waals surface area (Å²) in [5, 5.41) is 5.62. The average Bonchev–Trinajstić information content (AvgIpc) is 2.94. The Morgan fingerprint density at radius 2 is 1.27 bits per heavy atom. The Balaban J connectivity index is 1.38. The molecule has 37 heavy (non-hydrogen) atoms. The number of carbonyl (C=O) groups is 4. The van der Waals surface area contributed by atoms with Gasteiger partial charge in [0.25, 0.3) is 17.7 Å². The predicted molar refractivity (Wildman–Crippen MR) is 140 cm³/mol. The lowest BCUT2D eigenvalue weighted by Gasteiger charge is -2.34. The third kappa shape index (κ3) is 6.32. The second-order valence-electron chi connectivity index (χ2n) is 8.38. The van der Waals surface area contributed by atoms with Gasteiger partial charge >= 0.3 is 6.09 Å². The van der Waals surface area contributed by atoms with Crippen molar-refractivity contribution in [3.8, 4) is 0 Å². The van der Waals surface area contributed by atoms with E-state index in [1.54, 1.807) is 89.5 Å². The van der Waals surface area contributed by atoms with Crippen molar-refractivity contribution in [3.05, 3.63) is 95.6 Å². The van der Waals surface area contributed by atoms with Crippen LogP contribution in [0, 0.1) is 0 Å². The number of nitrogens with zero attached hydrogens (tertiary/aromatic N) is 2. The first-order valence-corrected chi connectivity index (χ1v) is 12.0. The summed E-state index contributed by atoms with van der Waals surface area (Å²) in [6.45, 7) is 3.56. The van der Waals surface area contributed by atoms with Crippen LogP contribution in [0.5, 0.6) is 0 Å². The summed E-state index contributed by atoms with van der Waals surface area (Å²) in [6, 6.07) is 22.2. The summed E-state index contributed by atoms with van der Waals surface area (Å²) in [5.74, 6) is -0.847. The summed E-state index contributed by atoms with van der Waals surface area (Å²) >= 11 is 0. The normalized spacial score (nSPS) is 13.0. The molecule has 3 aromatic rings. The number of para-hydroxylation sites is 1. The molecule has 0 unspecified atom stereocenters. The highest BCUT2D eigenvalue weighted by Gasteiger charge is 2.27. The fraction of sp³-hybridized carbons (Fsp3) is 0.214. The van der Waals surface area contributed by atoms with Crippen LogP contribution in [-0.4, -0.2) is 66.4 Å². The fourth-order valence-corrected chi connectivity index (χ4v) is 3.95. The van der Waals surface area contributed by atoms with Crippen molar-refractivity contribution < 1.29 is 23.9 Å². The van der Waals surface area contributed by atoms with Crippen molar-refractivity contribution in [1.29, 1.82) is 0 Å². The molecule has 190 valence electrons. The first-order chi connectivity index (χ1) is 18.0. The molecule has 1 saturated heterocycles. The van der Waals surface area contributed by atoms with Crippen LogP contribution in [-0.2, 0) is 4.74 Å². The quantitative estimate of drug-likeness (QED) is 0.530. The molecule has 2 N–H and O–H groups in total. The Morgan fingerprint density at radius 1 is 0.703 bits per heavy atom. The summed E-state index contributed by atoms with van der Waals surface area (Å²) < 4.78 is 5.03. The molecule has 0 aliphatic carbocycles. The van der Waals surface area contributed by atoms with Gasteiger partial charge in [0, 0.05) is 43.0 Å². The molecular formula is C28H28N4O5. The van der Waals surface area contributed by atoms with Gasteiger partial charge in [0.05, 0.1) is 17.9 Å². The molecule has 1 aliphatic heterocycles. The lowest BCUT2D eigenvalue weighted by atomic mass is 10.1. The van der Waals surface area contributed by atoms with Gasteiger partial charge in [-0.1, -0.05) is 30.3 Å². The predicted octanol–water partition coefficient (Wildman–Crippen LogP) is 4.11. The zero-order valence-corrected chi connectivity index (χ0v) is 20.5. The molecule has 1 aliphatic rings. The van der Waals surface area contributed by atoms with Crippen molar-refractivity contribution in [2.24, 2.45) is 0 Å². The number of rotatable bonds is 6. The van der Waals surface area contributed by atoms with Gasteiger partial charge in [0.1, 0.15) is 0 Å². The maximum Gasteiger partial charge on any atom is 0.409 e. The van der Waals surface area contributed by atoms with Crippen LogP contribution in [0.25, 0.3) is 0 Å². The molecule has 3 aromatic carbocycles. The van der Waals surface area contributed by atoms with Crippen LogP contribution < -0.4 is 10.6 Å². The zero-order chi connectivity index (χ0) is 26.2. The molecule has 1 fully saturated rings. The van der Waals surface area contributed by atoms with E-state index in [0.29, 0.717) is 60.9 Å². The number of carbonyl (C=O) groups excluding carboxylic acids is 4. The molecule has 0 atom stereocenters. The lowest BCUT2D eigenvalue weighted by molar-refractivity contribution is 0.0571. The minimum absolute atomic E-state index is 0.224. The number of benzene rings is 3. The molecule has 0 bridgehead atoms. The average molecular weight is 501 g/mol. The van der Waals surface area contributed by atoms with Crippen molar-refractivity contribution in [3.63, 3.8) is 0 Å². The Morgan fingerprint density at radius 3 is 1.95 bits per heavy atom. The van der Waals surface area contributed by atoms with Crippen LogP contribution in [0.3, 0.4) is 0 Å². The Bertz CT molecular complexity index is 1270. The third-order valence-corrected chi connectivity index (χ3v) is 5.94. The highest BCUT2D eigenvalue weighted by atomic mass is 16.6. The van der Waals surface area contributed by atoms with E-state index in [1.165, 1.54) is 0 Å². The fourth-order valence-electron chi connectivity index (χ4n) is 3.95. The van der Waals surface area contributed by atoms with Gasteiger partial charge in [-0.25, -0.2) is 4.79 Å². The van der Waals surface area contributed by atoms with Crippen LogP contribution in [0.1, 0.15) is 38.0 Å². The third-order valence-electron chi connectivity index (χ3n) is 5.94. The second kappa shape index (κ2) is 11.9. The first kappa shape index (κ1) is 25.4. The number of hydrogen-bond donors (Lipinski definition) is 2. The first-order valence-electron chi connectivity index (χ1n) is 12.0. The van der Waals surface area contributed by atoms with E-state index in [-0.39, 0.29) is 23.8 Å². The summed E-state index contributed by atoms with van der Waals surface area (Å²) in [7, 11) is 0. The van der Waals surface area contributed by atoms with Crippen molar-refractivity contribution in [2.45, 2.75) is 6.92 Å². The second-order valence-corrected chi connectivity index (χ2v) is 8.38. The molecule has 1 heterocycles. The standard InChI is InChI=1S/C28H28N4O5/c1-2-37-28(36)32-18-16-31(17-19-32)27(35)23-10-6-7-11-24(23)30-26(34)21-12-14-22(15-13-21)29-25(33)20-8-4-3-5-9-20/h3-15H,2,16-19H2,1H3,(H,29,33)(H,30,34). The summed E-state index contributed by atoms with van der Waals surface area (Å²) in [4.78, 5) is 53.6. The van der Waals surface area contributed by atoms with Crippen LogP contribution in [0.4, 0.5) is 16.2 Å². The van der Waals surface area contributed by atoms with E-state index in [0.717, 1.165) is 0 Å². The number of piperazine rings is 1. The molecule has 0 aromatic heterocycles. The molecule has 0 saturated carbocycles. The van der Waals surface area contributed by atoms with Crippen molar-refractivity contribution in [1.82, 2.24) is 9.80 Å². The minimum Gasteiger partial charge on any atom is -0.450 e. The SMILES string of the molecule is CCOC(=O)N1CCN(C(=O)c2ccccc2NC(=O)c2ccc(NC(=O)c3ccccc3)cc2)CC1. The topological polar surface area (TPSA) is 108 Å². The molecule has 0 radical (unpaired) electrons. The van der Waals surface area contributed by atoms with Crippen molar-refractivity contribution >= 4 is 35.2 Å². The van der Waals surface area contributed by atoms with Gasteiger partial charge in [0.15, 0.2) is 0 Å². The maximum absolute atomic E-state index is 13.2. The van der Waals surface area contributed by atoms with Crippen LogP contribution in [0.15, 0.2) is 78.9 Å². The van der Waals surface area contributed by atoms with E-state index >= 15 is 0 Å². The molecule has 4 amide bonds. The number of amides is 4. The van der Waals surface area contributed by atoms with E-state index < -0.39 is 0 Å². The molecule has 0 spiro atoms. The molecular weight excluding hydrogens is 472 g/mol. The minimum atomic E-state index is -0.382. The number of anilines is 2. The smallest absolute Gasteiger partial charge is 0.409 e. The van der Waals surface area contributed by atoms with E-state index in [1.807, 2.05) is 6.07 Å².